The molecule has 5 heteroatoms. The van der Waals surface area contributed by atoms with Gasteiger partial charge in [-0.1, -0.05) is 13.8 Å². The van der Waals surface area contributed by atoms with Crippen LogP contribution >= 0.6 is 12.4 Å². The molecule has 0 saturated carbocycles. The van der Waals surface area contributed by atoms with E-state index in [1.54, 1.807) is 0 Å². The van der Waals surface area contributed by atoms with Crippen LogP contribution in [0.4, 0.5) is 0 Å². The predicted octanol–water partition coefficient (Wildman–Crippen LogP) is 1.79. The number of halogens is 1. The van der Waals surface area contributed by atoms with E-state index in [4.69, 9.17) is 0 Å². The minimum Gasteiger partial charge on any atom is -0.352 e. The van der Waals surface area contributed by atoms with Crippen molar-refractivity contribution in [2.75, 3.05) is 32.7 Å². The molecule has 2 atom stereocenters. The second-order valence-corrected chi connectivity index (χ2v) is 6.63. The average Bonchev–Trinajstić information content (AvgIpc) is 2.76. The molecular weight excluding hydrogens is 274 g/mol. The summed E-state index contributed by atoms with van der Waals surface area (Å²) in [5, 5.41) is 6.66. The van der Waals surface area contributed by atoms with E-state index in [9.17, 15) is 4.79 Å². The summed E-state index contributed by atoms with van der Waals surface area (Å²) < 4.78 is 0. The summed E-state index contributed by atoms with van der Waals surface area (Å²) in [6.07, 6.45) is 5.22. The first-order valence-corrected chi connectivity index (χ1v) is 7.84. The molecule has 0 aromatic rings. The number of piperidine rings is 1. The minimum atomic E-state index is 0. The Morgan fingerprint density at radius 1 is 1.50 bits per heavy atom. The van der Waals surface area contributed by atoms with Crippen LogP contribution in [0.1, 0.15) is 46.0 Å². The van der Waals surface area contributed by atoms with E-state index in [1.165, 1.54) is 25.9 Å². The second kappa shape index (κ2) is 8.20. The summed E-state index contributed by atoms with van der Waals surface area (Å²) >= 11 is 0. The van der Waals surface area contributed by atoms with Crippen molar-refractivity contribution in [2.45, 2.75) is 52.0 Å². The maximum atomic E-state index is 11.7. The van der Waals surface area contributed by atoms with Gasteiger partial charge in [-0.3, -0.25) is 4.79 Å². The Labute approximate surface area is 129 Å². The van der Waals surface area contributed by atoms with Crippen LogP contribution in [0, 0.1) is 5.41 Å². The Hall–Kier alpha value is -0.320. The van der Waals surface area contributed by atoms with Crippen LogP contribution in [0.15, 0.2) is 0 Å². The van der Waals surface area contributed by atoms with Gasteiger partial charge in [0.1, 0.15) is 0 Å². The molecule has 1 amide bonds. The summed E-state index contributed by atoms with van der Waals surface area (Å²) in [5.74, 6) is 0.225. The summed E-state index contributed by atoms with van der Waals surface area (Å²) in [6.45, 7) is 10.1. The molecule has 2 saturated heterocycles. The molecule has 118 valence electrons. The van der Waals surface area contributed by atoms with Crippen LogP contribution in [0.3, 0.4) is 0 Å². The third-order valence-electron chi connectivity index (χ3n) is 4.41. The van der Waals surface area contributed by atoms with Crippen molar-refractivity contribution >= 4 is 18.3 Å². The van der Waals surface area contributed by atoms with Gasteiger partial charge in [-0.25, -0.2) is 0 Å². The van der Waals surface area contributed by atoms with E-state index >= 15 is 0 Å². The van der Waals surface area contributed by atoms with Gasteiger partial charge in [-0.15, -0.1) is 12.4 Å². The van der Waals surface area contributed by atoms with Gasteiger partial charge in [0.15, 0.2) is 0 Å². The lowest BCUT2D eigenvalue weighted by Gasteiger charge is -2.38. The SMILES string of the molecule is CCCC(=O)NC1CCCN(CC2(C)CCNC2)C1.Cl. The van der Waals surface area contributed by atoms with Gasteiger partial charge in [0.05, 0.1) is 0 Å². The van der Waals surface area contributed by atoms with E-state index in [2.05, 4.69) is 29.4 Å². The lowest BCUT2D eigenvalue weighted by Crippen LogP contribution is -2.50. The summed E-state index contributed by atoms with van der Waals surface area (Å²) in [5.41, 5.74) is 0.426. The first-order chi connectivity index (χ1) is 9.11. The van der Waals surface area contributed by atoms with Gasteiger partial charge < -0.3 is 15.5 Å². The van der Waals surface area contributed by atoms with Crippen LogP contribution in [0.25, 0.3) is 0 Å². The van der Waals surface area contributed by atoms with Crippen molar-refractivity contribution in [1.29, 1.82) is 0 Å². The fourth-order valence-electron chi connectivity index (χ4n) is 3.39. The highest BCUT2D eigenvalue weighted by atomic mass is 35.5. The fraction of sp³-hybridized carbons (Fsp3) is 0.933. The Morgan fingerprint density at radius 3 is 2.95 bits per heavy atom. The molecule has 2 rings (SSSR count). The second-order valence-electron chi connectivity index (χ2n) is 6.63. The molecule has 2 fully saturated rings. The zero-order chi connectivity index (χ0) is 13.7. The van der Waals surface area contributed by atoms with Crippen molar-refractivity contribution < 1.29 is 4.79 Å². The Kier molecular flexibility index (Phi) is 7.27. The van der Waals surface area contributed by atoms with Crippen molar-refractivity contribution in [3.8, 4) is 0 Å². The highest BCUT2D eigenvalue weighted by molar-refractivity contribution is 5.85. The number of hydrogen-bond acceptors (Lipinski definition) is 3. The van der Waals surface area contributed by atoms with Crippen LogP contribution in [0.2, 0.25) is 0 Å². The van der Waals surface area contributed by atoms with E-state index in [-0.39, 0.29) is 18.3 Å². The van der Waals surface area contributed by atoms with Crippen LogP contribution in [-0.4, -0.2) is 49.6 Å². The summed E-state index contributed by atoms with van der Waals surface area (Å²) in [7, 11) is 0. The number of nitrogens with one attached hydrogen (secondary N) is 2. The quantitative estimate of drug-likeness (QED) is 0.814. The smallest absolute Gasteiger partial charge is 0.220 e. The lowest BCUT2D eigenvalue weighted by atomic mass is 9.88. The van der Waals surface area contributed by atoms with Gasteiger partial charge in [-0.2, -0.15) is 0 Å². The van der Waals surface area contributed by atoms with Crippen molar-refractivity contribution in [1.82, 2.24) is 15.5 Å². The van der Waals surface area contributed by atoms with E-state index in [1.807, 2.05) is 0 Å². The van der Waals surface area contributed by atoms with Crippen LogP contribution in [-0.2, 0) is 4.79 Å². The average molecular weight is 304 g/mol. The van der Waals surface area contributed by atoms with Crippen molar-refractivity contribution in [3.63, 3.8) is 0 Å². The number of rotatable bonds is 5. The number of likely N-dealkylation sites (tertiary alicyclic amines) is 1. The largest absolute Gasteiger partial charge is 0.352 e. The normalized spacial score (nSPS) is 30.8. The lowest BCUT2D eigenvalue weighted by molar-refractivity contribution is -0.122. The van der Waals surface area contributed by atoms with Gasteiger partial charge in [0.2, 0.25) is 5.91 Å². The molecule has 0 aromatic carbocycles. The van der Waals surface area contributed by atoms with Crippen LogP contribution in [0.5, 0.6) is 0 Å². The molecule has 4 nitrogen and oxygen atoms in total. The zero-order valence-corrected chi connectivity index (χ0v) is 13.7. The maximum Gasteiger partial charge on any atom is 0.220 e. The third kappa shape index (κ3) is 5.23. The standard InChI is InChI=1S/C15H29N3O.ClH/c1-3-5-14(19)17-13-6-4-9-18(10-13)12-15(2)7-8-16-11-15;/h13,16H,3-12H2,1-2H3,(H,17,19);1H. The summed E-state index contributed by atoms with van der Waals surface area (Å²) in [4.78, 5) is 14.2. The molecule has 20 heavy (non-hydrogen) atoms. The summed E-state index contributed by atoms with van der Waals surface area (Å²) in [6, 6.07) is 0.366. The van der Waals surface area contributed by atoms with Crippen LogP contribution < -0.4 is 10.6 Å². The Bertz CT molecular complexity index is 305. The number of carbonyl (C=O) groups excluding carboxylic acids is 1. The molecule has 0 aromatic heterocycles. The molecule has 0 aliphatic carbocycles. The van der Waals surface area contributed by atoms with Gasteiger partial charge in [-0.05, 0) is 44.2 Å². The zero-order valence-electron chi connectivity index (χ0n) is 12.9. The number of hydrogen-bond donors (Lipinski definition) is 2. The van der Waals surface area contributed by atoms with E-state index in [0.29, 0.717) is 17.9 Å². The van der Waals surface area contributed by atoms with Crippen molar-refractivity contribution in [3.05, 3.63) is 0 Å². The first kappa shape index (κ1) is 17.7. The number of nitrogens with zero attached hydrogens (tertiary/aromatic N) is 1. The number of carbonyl (C=O) groups is 1. The molecule has 2 aliphatic heterocycles. The van der Waals surface area contributed by atoms with Crippen molar-refractivity contribution in [2.24, 2.45) is 5.41 Å². The number of amides is 1. The Balaban J connectivity index is 0.00000200. The molecular formula is C15H30ClN3O. The van der Waals surface area contributed by atoms with Gasteiger partial charge >= 0.3 is 0 Å². The van der Waals surface area contributed by atoms with E-state index < -0.39 is 0 Å². The topological polar surface area (TPSA) is 44.4 Å². The van der Waals surface area contributed by atoms with Gasteiger partial charge in [0, 0.05) is 32.1 Å². The molecule has 2 N–H and O–H groups in total. The minimum absolute atomic E-state index is 0. The predicted molar refractivity (Wildman–Crippen MR) is 85.4 cm³/mol. The Morgan fingerprint density at radius 2 is 2.30 bits per heavy atom. The molecule has 2 unspecified atom stereocenters. The molecule has 0 bridgehead atoms. The highest BCUT2D eigenvalue weighted by Crippen LogP contribution is 2.27. The van der Waals surface area contributed by atoms with Gasteiger partial charge in [0.25, 0.3) is 0 Å². The highest BCUT2D eigenvalue weighted by Gasteiger charge is 2.32. The fourth-order valence-corrected chi connectivity index (χ4v) is 3.39. The third-order valence-corrected chi connectivity index (χ3v) is 4.41. The molecule has 2 heterocycles. The maximum absolute atomic E-state index is 11.7. The molecule has 0 radical (unpaired) electrons. The monoisotopic (exact) mass is 303 g/mol. The first-order valence-electron chi connectivity index (χ1n) is 7.84. The van der Waals surface area contributed by atoms with E-state index in [0.717, 1.165) is 32.5 Å². The molecule has 0 spiro atoms. The molecule has 2 aliphatic rings.